The van der Waals surface area contributed by atoms with Crippen molar-refractivity contribution in [2.24, 2.45) is 5.92 Å². The van der Waals surface area contributed by atoms with Gasteiger partial charge in [0.15, 0.2) is 5.69 Å². The van der Waals surface area contributed by atoms with E-state index < -0.39 is 0 Å². The van der Waals surface area contributed by atoms with E-state index in [0.29, 0.717) is 17.8 Å². The minimum atomic E-state index is -0.241. The molecule has 4 rings (SSSR count). The molecule has 0 radical (unpaired) electrons. The Bertz CT molecular complexity index is 1110. The van der Waals surface area contributed by atoms with Gasteiger partial charge >= 0.3 is 0 Å². The fourth-order valence-corrected chi connectivity index (χ4v) is 4.43. The lowest BCUT2D eigenvalue weighted by atomic mass is 9.85. The van der Waals surface area contributed by atoms with Crippen LogP contribution in [0.5, 0.6) is 0 Å². The van der Waals surface area contributed by atoms with Gasteiger partial charge in [-0.3, -0.25) is 9.59 Å². The normalized spacial score (nSPS) is 18.2. The van der Waals surface area contributed by atoms with E-state index >= 15 is 0 Å². The van der Waals surface area contributed by atoms with Gasteiger partial charge in [0.2, 0.25) is 5.91 Å². The van der Waals surface area contributed by atoms with Gasteiger partial charge in [0.25, 0.3) is 5.91 Å². The second-order valence-electron chi connectivity index (χ2n) is 9.05. The molecule has 1 aromatic heterocycles. The third-order valence-electron chi connectivity index (χ3n) is 6.14. The Labute approximate surface area is 194 Å². The van der Waals surface area contributed by atoms with Crippen LogP contribution in [0.2, 0.25) is 0 Å². The van der Waals surface area contributed by atoms with Crippen LogP contribution in [0, 0.1) is 12.8 Å². The standard InChI is InChI=1S/C26H31N5O2/c1-17(2)27-25(32)21-10-7-11-22(16-21)28-26(33)24-18(3)31(30-29-24)23-14-12-20(13-15-23)19-8-5-4-6-9-19/h4-6,8-9,12-15,17,21-22H,7,10-11,16H2,1-3H3,(H,27,32)(H,28,33). The monoisotopic (exact) mass is 445 g/mol. The highest BCUT2D eigenvalue weighted by atomic mass is 16.2. The molecule has 3 aromatic rings. The van der Waals surface area contributed by atoms with Crippen molar-refractivity contribution >= 4 is 11.8 Å². The van der Waals surface area contributed by atoms with Gasteiger partial charge in [-0.15, -0.1) is 5.10 Å². The summed E-state index contributed by atoms with van der Waals surface area (Å²) in [6.07, 6.45) is 3.30. The first-order valence-electron chi connectivity index (χ1n) is 11.6. The molecule has 33 heavy (non-hydrogen) atoms. The predicted molar refractivity (Wildman–Crippen MR) is 128 cm³/mol. The van der Waals surface area contributed by atoms with Crippen LogP contribution in [0.25, 0.3) is 16.8 Å². The van der Waals surface area contributed by atoms with Crippen molar-refractivity contribution < 1.29 is 9.59 Å². The Kier molecular flexibility index (Phi) is 6.87. The van der Waals surface area contributed by atoms with Gasteiger partial charge in [0.05, 0.1) is 11.4 Å². The maximum Gasteiger partial charge on any atom is 0.273 e. The summed E-state index contributed by atoms with van der Waals surface area (Å²) in [5.41, 5.74) is 4.11. The van der Waals surface area contributed by atoms with Crippen molar-refractivity contribution in [3.63, 3.8) is 0 Å². The van der Waals surface area contributed by atoms with Crippen molar-refractivity contribution in [1.82, 2.24) is 25.6 Å². The van der Waals surface area contributed by atoms with E-state index in [2.05, 4.69) is 33.1 Å². The highest BCUT2D eigenvalue weighted by Crippen LogP contribution is 2.25. The zero-order valence-corrected chi connectivity index (χ0v) is 19.4. The van der Waals surface area contributed by atoms with Crippen LogP contribution in [-0.2, 0) is 4.79 Å². The first-order chi connectivity index (χ1) is 15.9. The smallest absolute Gasteiger partial charge is 0.273 e. The minimum Gasteiger partial charge on any atom is -0.354 e. The van der Waals surface area contributed by atoms with Crippen LogP contribution in [0.15, 0.2) is 54.6 Å². The zero-order valence-electron chi connectivity index (χ0n) is 19.4. The maximum absolute atomic E-state index is 12.9. The number of carbonyl (C=O) groups is 2. The number of amides is 2. The van der Waals surface area contributed by atoms with Crippen molar-refractivity contribution in [3.8, 4) is 16.8 Å². The summed E-state index contributed by atoms with van der Waals surface area (Å²) < 4.78 is 1.68. The number of nitrogens with zero attached hydrogens (tertiary/aromatic N) is 3. The van der Waals surface area contributed by atoms with Gasteiger partial charge in [-0.05, 0) is 63.3 Å². The summed E-state index contributed by atoms with van der Waals surface area (Å²) in [5, 5.41) is 14.4. The molecule has 1 saturated carbocycles. The van der Waals surface area contributed by atoms with Crippen molar-refractivity contribution in [1.29, 1.82) is 0 Å². The molecule has 1 fully saturated rings. The van der Waals surface area contributed by atoms with Crippen LogP contribution in [-0.4, -0.2) is 38.9 Å². The number of carbonyl (C=O) groups excluding carboxylic acids is 2. The molecule has 2 atom stereocenters. The molecule has 1 heterocycles. The summed E-state index contributed by atoms with van der Waals surface area (Å²) in [7, 11) is 0. The molecule has 2 unspecified atom stereocenters. The fourth-order valence-electron chi connectivity index (χ4n) is 4.43. The van der Waals surface area contributed by atoms with E-state index in [0.717, 1.165) is 36.1 Å². The summed E-state index contributed by atoms with van der Waals surface area (Å²) in [4.78, 5) is 25.3. The number of hydrogen-bond acceptors (Lipinski definition) is 4. The Hall–Kier alpha value is -3.48. The number of benzene rings is 2. The Morgan fingerprint density at radius 2 is 1.70 bits per heavy atom. The summed E-state index contributed by atoms with van der Waals surface area (Å²) in [6, 6.07) is 18.3. The maximum atomic E-state index is 12.9. The quantitative estimate of drug-likeness (QED) is 0.599. The van der Waals surface area contributed by atoms with Crippen molar-refractivity contribution in [3.05, 3.63) is 66.0 Å². The van der Waals surface area contributed by atoms with E-state index in [4.69, 9.17) is 0 Å². The Morgan fingerprint density at radius 3 is 2.39 bits per heavy atom. The largest absolute Gasteiger partial charge is 0.354 e. The van der Waals surface area contributed by atoms with Gasteiger partial charge < -0.3 is 10.6 Å². The second kappa shape index (κ2) is 9.98. The van der Waals surface area contributed by atoms with Gasteiger partial charge in [-0.1, -0.05) is 54.1 Å². The highest BCUT2D eigenvalue weighted by Gasteiger charge is 2.29. The molecule has 1 aliphatic rings. The van der Waals surface area contributed by atoms with Gasteiger partial charge in [-0.25, -0.2) is 4.68 Å². The molecule has 2 aromatic carbocycles. The lowest BCUT2D eigenvalue weighted by molar-refractivity contribution is -0.126. The van der Waals surface area contributed by atoms with E-state index in [1.54, 1.807) is 4.68 Å². The first-order valence-corrected chi connectivity index (χ1v) is 11.6. The summed E-state index contributed by atoms with van der Waals surface area (Å²) in [6.45, 7) is 5.77. The Balaban J connectivity index is 1.43. The Morgan fingerprint density at radius 1 is 1.00 bits per heavy atom. The van der Waals surface area contributed by atoms with Gasteiger partial charge in [-0.2, -0.15) is 0 Å². The van der Waals surface area contributed by atoms with E-state index in [1.165, 1.54) is 0 Å². The SMILES string of the molecule is Cc1c(C(=O)NC2CCCC(C(=O)NC(C)C)C2)nnn1-c1ccc(-c2ccccc2)cc1. The molecule has 7 nitrogen and oxygen atoms in total. The van der Waals surface area contributed by atoms with E-state index in [9.17, 15) is 9.59 Å². The van der Waals surface area contributed by atoms with Crippen LogP contribution >= 0.6 is 0 Å². The second-order valence-corrected chi connectivity index (χ2v) is 9.05. The van der Waals surface area contributed by atoms with Crippen LogP contribution < -0.4 is 10.6 Å². The third kappa shape index (κ3) is 5.30. The van der Waals surface area contributed by atoms with Crippen LogP contribution in [0.4, 0.5) is 0 Å². The van der Waals surface area contributed by atoms with E-state index in [-0.39, 0.29) is 29.8 Å². The number of aromatic nitrogens is 3. The molecule has 0 bridgehead atoms. The lowest BCUT2D eigenvalue weighted by Gasteiger charge is -2.29. The summed E-state index contributed by atoms with van der Waals surface area (Å²) >= 11 is 0. The number of hydrogen-bond donors (Lipinski definition) is 2. The first kappa shape index (κ1) is 22.7. The molecule has 172 valence electrons. The van der Waals surface area contributed by atoms with E-state index in [1.807, 2.05) is 63.2 Å². The van der Waals surface area contributed by atoms with Gasteiger partial charge in [0, 0.05) is 18.0 Å². The topological polar surface area (TPSA) is 88.9 Å². The molecule has 7 heteroatoms. The molecule has 2 N–H and O–H groups in total. The molecule has 0 aliphatic heterocycles. The molecule has 1 aliphatic carbocycles. The minimum absolute atomic E-state index is 0.0381. The number of rotatable bonds is 6. The highest BCUT2D eigenvalue weighted by molar-refractivity contribution is 5.93. The van der Waals surface area contributed by atoms with Crippen molar-refractivity contribution in [2.75, 3.05) is 0 Å². The third-order valence-corrected chi connectivity index (χ3v) is 6.14. The predicted octanol–water partition coefficient (Wildman–Crippen LogP) is 4.06. The average molecular weight is 446 g/mol. The van der Waals surface area contributed by atoms with Gasteiger partial charge in [0.1, 0.15) is 0 Å². The number of nitrogens with one attached hydrogen (secondary N) is 2. The molecule has 2 amide bonds. The average Bonchev–Trinajstić information content (AvgIpc) is 3.21. The molecule has 0 spiro atoms. The molecular weight excluding hydrogens is 414 g/mol. The van der Waals surface area contributed by atoms with Crippen molar-refractivity contribution in [2.45, 2.75) is 58.5 Å². The summed E-state index contributed by atoms with van der Waals surface area (Å²) in [5.74, 6) is -0.231. The fraction of sp³-hybridized carbons (Fsp3) is 0.385. The molecular formula is C26H31N5O2. The zero-order chi connectivity index (χ0) is 23.4. The molecule has 0 saturated heterocycles. The lowest BCUT2D eigenvalue weighted by Crippen LogP contribution is -2.44. The van der Waals surface area contributed by atoms with Crippen LogP contribution in [0.1, 0.15) is 55.7 Å². The van der Waals surface area contributed by atoms with Crippen LogP contribution in [0.3, 0.4) is 0 Å².